The number of amides is 2. The van der Waals surface area contributed by atoms with Gasteiger partial charge in [-0.25, -0.2) is 8.42 Å². The van der Waals surface area contributed by atoms with Crippen LogP contribution in [0.4, 0.5) is 0 Å². The minimum absolute atomic E-state index is 0.0154. The normalized spacial score (nSPS) is 15.6. The van der Waals surface area contributed by atoms with Crippen molar-refractivity contribution in [3.05, 3.63) is 29.3 Å². The summed E-state index contributed by atoms with van der Waals surface area (Å²) in [6.07, 6.45) is -0.0897. The molecule has 1 fully saturated rings. The highest BCUT2D eigenvalue weighted by molar-refractivity contribution is 7.91. The molecular formula is C15H19ClN2O4S. The summed E-state index contributed by atoms with van der Waals surface area (Å²) in [7, 11) is -3.59. The molecule has 1 aromatic rings. The van der Waals surface area contributed by atoms with Gasteiger partial charge in [-0.15, -0.1) is 0 Å². The van der Waals surface area contributed by atoms with E-state index in [0.29, 0.717) is 26.2 Å². The maximum absolute atomic E-state index is 12.3. The first-order chi connectivity index (χ1) is 10.8. The van der Waals surface area contributed by atoms with Gasteiger partial charge in [0.2, 0.25) is 11.8 Å². The number of sulfone groups is 1. The van der Waals surface area contributed by atoms with Crippen molar-refractivity contribution >= 4 is 33.3 Å². The summed E-state index contributed by atoms with van der Waals surface area (Å²) in [6.45, 7) is 3.33. The van der Waals surface area contributed by atoms with Gasteiger partial charge in [-0.05, 0) is 12.1 Å². The van der Waals surface area contributed by atoms with Crippen LogP contribution in [0.25, 0.3) is 0 Å². The molecule has 0 spiro atoms. The Balaban J connectivity index is 1.92. The molecule has 8 heteroatoms. The molecule has 1 saturated heterocycles. The first kappa shape index (κ1) is 17.7. The molecule has 23 heavy (non-hydrogen) atoms. The van der Waals surface area contributed by atoms with Crippen molar-refractivity contribution in [1.29, 1.82) is 0 Å². The summed E-state index contributed by atoms with van der Waals surface area (Å²) in [5.41, 5.74) is 0. The van der Waals surface area contributed by atoms with E-state index in [9.17, 15) is 18.0 Å². The number of carbonyl (C=O) groups excluding carboxylic acids is 2. The summed E-state index contributed by atoms with van der Waals surface area (Å²) in [6, 6.07) is 6.20. The van der Waals surface area contributed by atoms with Crippen LogP contribution in [-0.4, -0.2) is 62.0 Å². The van der Waals surface area contributed by atoms with E-state index in [1.54, 1.807) is 21.9 Å². The molecule has 2 amide bonds. The first-order valence-electron chi connectivity index (χ1n) is 7.32. The number of hydrogen-bond donors (Lipinski definition) is 0. The van der Waals surface area contributed by atoms with Gasteiger partial charge in [0.25, 0.3) is 0 Å². The van der Waals surface area contributed by atoms with Crippen LogP contribution in [0.2, 0.25) is 5.02 Å². The fraction of sp³-hybridized carbons (Fsp3) is 0.467. The SMILES string of the molecule is CC(=O)N1CCN(C(=O)CCS(=O)(=O)c2ccccc2Cl)CC1. The smallest absolute Gasteiger partial charge is 0.223 e. The van der Waals surface area contributed by atoms with Crippen molar-refractivity contribution in [2.75, 3.05) is 31.9 Å². The molecule has 1 aliphatic rings. The van der Waals surface area contributed by atoms with Crippen LogP contribution in [-0.2, 0) is 19.4 Å². The van der Waals surface area contributed by atoms with Crippen LogP contribution in [0.15, 0.2) is 29.2 Å². The van der Waals surface area contributed by atoms with Crippen molar-refractivity contribution in [3.63, 3.8) is 0 Å². The minimum Gasteiger partial charge on any atom is -0.339 e. The summed E-state index contributed by atoms with van der Waals surface area (Å²) in [5, 5.41) is 0.162. The third-order valence-corrected chi connectivity index (χ3v) is 6.04. The molecular weight excluding hydrogens is 340 g/mol. The summed E-state index contributed by atoms with van der Waals surface area (Å²) >= 11 is 5.91. The van der Waals surface area contributed by atoms with E-state index < -0.39 is 9.84 Å². The van der Waals surface area contributed by atoms with E-state index in [2.05, 4.69) is 0 Å². The fourth-order valence-corrected chi connectivity index (χ4v) is 4.26. The molecule has 0 unspecified atom stereocenters. The van der Waals surface area contributed by atoms with Crippen molar-refractivity contribution in [2.24, 2.45) is 0 Å². The molecule has 1 aliphatic heterocycles. The zero-order chi connectivity index (χ0) is 17.0. The number of halogens is 1. The van der Waals surface area contributed by atoms with Crippen LogP contribution in [0, 0.1) is 0 Å². The predicted octanol–water partition coefficient (Wildman–Crippen LogP) is 1.19. The number of piperazine rings is 1. The summed E-state index contributed by atoms with van der Waals surface area (Å²) in [5.74, 6) is -0.509. The highest BCUT2D eigenvalue weighted by Crippen LogP contribution is 2.22. The van der Waals surface area contributed by atoms with Crippen molar-refractivity contribution in [1.82, 2.24) is 9.80 Å². The number of nitrogens with zero attached hydrogens (tertiary/aromatic N) is 2. The highest BCUT2D eigenvalue weighted by atomic mass is 35.5. The molecule has 0 aliphatic carbocycles. The maximum Gasteiger partial charge on any atom is 0.223 e. The third kappa shape index (κ3) is 4.45. The topological polar surface area (TPSA) is 74.8 Å². The van der Waals surface area contributed by atoms with E-state index in [1.165, 1.54) is 19.1 Å². The van der Waals surface area contributed by atoms with Crippen LogP contribution < -0.4 is 0 Å². The van der Waals surface area contributed by atoms with Gasteiger partial charge < -0.3 is 9.80 Å². The molecule has 0 radical (unpaired) electrons. The monoisotopic (exact) mass is 358 g/mol. The molecule has 0 saturated carbocycles. The van der Waals surface area contributed by atoms with E-state index in [-0.39, 0.29) is 33.9 Å². The van der Waals surface area contributed by atoms with Gasteiger partial charge in [0, 0.05) is 39.5 Å². The summed E-state index contributed by atoms with van der Waals surface area (Å²) < 4.78 is 24.5. The van der Waals surface area contributed by atoms with Gasteiger partial charge >= 0.3 is 0 Å². The Bertz CT molecular complexity index is 697. The van der Waals surface area contributed by atoms with E-state index in [4.69, 9.17) is 11.6 Å². The lowest BCUT2D eigenvalue weighted by molar-refractivity contribution is -0.138. The van der Waals surface area contributed by atoms with E-state index in [0.717, 1.165) is 0 Å². The third-order valence-electron chi connectivity index (χ3n) is 3.83. The van der Waals surface area contributed by atoms with Crippen LogP contribution in [0.5, 0.6) is 0 Å². The zero-order valence-electron chi connectivity index (χ0n) is 12.9. The van der Waals surface area contributed by atoms with Crippen molar-refractivity contribution in [3.8, 4) is 0 Å². The Labute approximate surface area is 140 Å². The Morgan fingerprint density at radius 2 is 1.65 bits per heavy atom. The minimum atomic E-state index is -3.59. The predicted molar refractivity (Wildman–Crippen MR) is 87.0 cm³/mol. The summed E-state index contributed by atoms with van der Waals surface area (Å²) in [4.78, 5) is 26.7. The van der Waals surface area contributed by atoms with Crippen molar-refractivity contribution < 1.29 is 18.0 Å². The second-order valence-corrected chi connectivity index (χ2v) is 7.87. The molecule has 1 aromatic carbocycles. The van der Waals surface area contributed by atoms with Gasteiger partial charge in [-0.3, -0.25) is 9.59 Å². The largest absolute Gasteiger partial charge is 0.339 e. The highest BCUT2D eigenvalue weighted by Gasteiger charge is 2.25. The number of benzene rings is 1. The quantitative estimate of drug-likeness (QED) is 0.810. The molecule has 0 bridgehead atoms. The van der Waals surface area contributed by atoms with Gasteiger partial charge in [0.1, 0.15) is 0 Å². The average molecular weight is 359 g/mol. The lowest BCUT2D eigenvalue weighted by atomic mass is 10.3. The number of rotatable bonds is 4. The Morgan fingerprint density at radius 1 is 1.09 bits per heavy atom. The molecule has 2 rings (SSSR count). The van der Waals surface area contributed by atoms with Crippen molar-refractivity contribution in [2.45, 2.75) is 18.2 Å². The lowest BCUT2D eigenvalue weighted by Crippen LogP contribution is -2.50. The van der Waals surface area contributed by atoms with Crippen LogP contribution in [0.3, 0.4) is 0 Å². The van der Waals surface area contributed by atoms with Gasteiger partial charge in [-0.1, -0.05) is 23.7 Å². The van der Waals surface area contributed by atoms with Gasteiger partial charge in [0.05, 0.1) is 15.7 Å². The van der Waals surface area contributed by atoms with E-state index in [1.807, 2.05) is 0 Å². The molecule has 0 aromatic heterocycles. The zero-order valence-corrected chi connectivity index (χ0v) is 14.4. The van der Waals surface area contributed by atoms with Crippen LogP contribution >= 0.6 is 11.6 Å². The maximum atomic E-state index is 12.3. The molecule has 0 atom stereocenters. The second-order valence-electron chi connectivity index (χ2n) is 5.39. The number of carbonyl (C=O) groups is 2. The first-order valence-corrected chi connectivity index (χ1v) is 9.35. The molecule has 126 valence electrons. The molecule has 0 N–H and O–H groups in total. The van der Waals surface area contributed by atoms with Gasteiger partial charge in [0.15, 0.2) is 9.84 Å². The molecule has 1 heterocycles. The lowest BCUT2D eigenvalue weighted by Gasteiger charge is -2.34. The Hall–Kier alpha value is -1.60. The number of hydrogen-bond acceptors (Lipinski definition) is 4. The fourth-order valence-electron chi connectivity index (χ4n) is 2.46. The molecule has 6 nitrogen and oxygen atoms in total. The van der Waals surface area contributed by atoms with Crippen LogP contribution in [0.1, 0.15) is 13.3 Å². The average Bonchev–Trinajstić information content (AvgIpc) is 2.53. The standard InChI is InChI=1S/C15H19ClN2O4S/c1-12(19)17-7-9-18(10-8-17)15(20)6-11-23(21,22)14-5-3-2-4-13(14)16/h2-5H,6-11H2,1H3. The van der Waals surface area contributed by atoms with Gasteiger partial charge in [-0.2, -0.15) is 0 Å². The Kier molecular flexibility index (Phi) is 5.64. The van der Waals surface area contributed by atoms with E-state index >= 15 is 0 Å². The Morgan fingerprint density at radius 3 is 2.22 bits per heavy atom. The second kappa shape index (κ2) is 7.31.